The number of halogens is 2. The lowest BCUT2D eigenvalue weighted by molar-refractivity contribution is 0.0771. The standard InChI is InChI=1S/C18H19BrFNO4S/c1-2-21(10-15-11-24-17-5-3-4-6-18(17)25-15)26(22,23)12-13-7-8-14(19)9-16(13)20/h3-9,15H,2,10-12H2,1H3/t15-/m0/s1. The fourth-order valence-corrected chi connectivity index (χ4v) is 4.68. The fourth-order valence-electron chi connectivity index (χ4n) is 2.75. The Kier molecular flexibility index (Phi) is 5.84. The lowest BCUT2D eigenvalue weighted by Crippen LogP contribution is -2.44. The van der Waals surface area contributed by atoms with Crippen LogP contribution in [-0.4, -0.2) is 38.5 Å². The van der Waals surface area contributed by atoms with Gasteiger partial charge in [-0.05, 0) is 24.3 Å². The summed E-state index contributed by atoms with van der Waals surface area (Å²) in [4.78, 5) is 0. The maximum absolute atomic E-state index is 14.0. The smallest absolute Gasteiger partial charge is 0.218 e. The van der Waals surface area contributed by atoms with Crippen LogP contribution >= 0.6 is 15.9 Å². The van der Waals surface area contributed by atoms with Crippen molar-refractivity contribution in [1.82, 2.24) is 4.31 Å². The molecular formula is C18H19BrFNO4S. The van der Waals surface area contributed by atoms with Gasteiger partial charge in [0.05, 0.1) is 12.3 Å². The van der Waals surface area contributed by atoms with Crippen LogP contribution in [-0.2, 0) is 15.8 Å². The molecule has 2 aromatic carbocycles. The highest BCUT2D eigenvalue weighted by Crippen LogP contribution is 2.31. The lowest BCUT2D eigenvalue weighted by atomic mass is 10.2. The molecule has 0 spiro atoms. The summed E-state index contributed by atoms with van der Waals surface area (Å²) in [5.74, 6) is 0.289. The zero-order valence-electron chi connectivity index (χ0n) is 14.2. The van der Waals surface area contributed by atoms with Gasteiger partial charge >= 0.3 is 0 Å². The van der Waals surface area contributed by atoms with E-state index in [-0.39, 0.29) is 25.3 Å². The summed E-state index contributed by atoms with van der Waals surface area (Å²) in [5.41, 5.74) is 0.137. The second kappa shape index (κ2) is 7.94. The predicted molar refractivity (Wildman–Crippen MR) is 100 cm³/mol. The molecule has 2 aromatic rings. The van der Waals surface area contributed by atoms with Crippen molar-refractivity contribution in [2.75, 3.05) is 19.7 Å². The topological polar surface area (TPSA) is 55.8 Å². The molecule has 1 aliphatic heterocycles. The lowest BCUT2D eigenvalue weighted by Gasteiger charge is -2.30. The molecule has 0 aromatic heterocycles. The van der Waals surface area contributed by atoms with E-state index in [0.29, 0.717) is 16.0 Å². The summed E-state index contributed by atoms with van der Waals surface area (Å²) >= 11 is 3.17. The Balaban J connectivity index is 1.71. The molecule has 0 bridgehead atoms. The van der Waals surface area contributed by atoms with Gasteiger partial charge in [-0.25, -0.2) is 12.8 Å². The Hall–Kier alpha value is -1.64. The number of ether oxygens (including phenoxy) is 2. The van der Waals surface area contributed by atoms with Crippen molar-refractivity contribution in [3.8, 4) is 11.5 Å². The van der Waals surface area contributed by atoms with E-state index >= 15 is 0 Å². The van der Waals surface area contributed by atoms with Gasteiger partial charge in [0.15, 0.2) is 11.5 Å². The van der Waals surface area contributed by atoms with Gasteiger partial charge in [0.25, 0.3) is 0 Å². The van der Waals surface area contributed by atoms with Gasteiger partial charge in [-0.3, -0.25) is 0 Å². The number of sulfonamides is 1. The van der Waals surface area contributed by atoms with Crippen LogP contribution in [0.15, 0.2) is 46.9 Å². The summed E-state index contributed by atoms with van der Waals surface area (Å²) in [6.07, 6.45) is -0.422. The maximum atomic E-state index is 14.0. The average molecular weight is 444 g/mol. The minimum absolute atomic E-state index is 0.137. The minimum Gasteiger partial charge on any atom is -0.486 e. The van der Waals surface area contributed by atoms with Crippen LogP contribution in [0.3, 0.4) is 0 Å². The van der Waals surface area contributed by atoms with Gasteiger partial charge in [-0.1, -0.05) is 41.1 Å². The van der Waals surface area contributed by atoms with E-state index in [9.17, 15) is 12.8 Å². The molecule has 0 saturated heterocycles. The highest BCUT2D eigenvalue weighted by molar-refractivity contribution is 9.10. The minimum atomic E-state index is -3.70. The molecular weight excluding hydrogens is 425 g/mol. The number of hydrogen-bond acceptors (Lipinski definition) is 4. The Morgan fingerprint density at radius 1 is 1.23 bits per heavy atom. The van der Waals surface area contributed by atoms with E-state index in [4.69, 9.17) is 9.47 Å². The van der Waals surface area contributed by atoms with E-state index in [1.165, 1.54) is 16.4 Å². The molecule has 0 saturated carbocycles. The number of rotatable bonds is 6. The zero-order chi connectivity index (χ0) is 18.7. The Bertz CT molecular complexity index is 891. The largest absolute Gasteiger partial charge is 0.486 e. The molecule has 26 heavy (non-hydrogen) atoms. The number of benzene rings is 2. The summed E-state index contributed by atoms with van der Waals surface area (Å²) in [5, 5.41) is 0. The van der Waals surface area contributed by atoms with Crippen LogP contribution in [0, 0.1) is 5.82 Å². The third-order valence-electron chi connectivity index (χ3n) is 4.07. The van der Waals surface area contributed by atoms with Crippen LogP contribution in [0.25, 0.3) is 0 Å². The van der Waals surface area contributed by atoms with Crippen LogP contribution in [0.4, 0.5) is 4.39 Å². The SMILES string of the molecule is CCN(C[C@H]1COc2ccccc2O1)S(=O)(=O)Cc1ccc(Br)cc1F. The molecule has 3 rings (SSSR count). The normalized spacial score (nSPS) is 16.7. The summed E-state index contributed by atoms with van der Waals surface area (Å²) in [6, 6.07) is 11.6. The van der Waals surface area contributed by atoms with E-state index in [1.807, 2.05) is 12.1 Å². The summed E-state index contributed by atoms with van der Waals surface area (Å²) in [7, 11) is -3.70. The third-order valence-corrected chi connectivity index (χ3v) is 6.44. The Morgan fingerprint density at radius 2 is 1.96 bits per heavy atom. The first kappa shape index (κ1) is 19.1. The van der Waals surface area contributed by atoms with Gasteiger partial charge < -0.3 is 9.47 Å². The van der Waals surface area contributed by atoms with Crippen molar-refractivity contribution in [1.29, 1.82) is 0 Å². The monoisotopic (exact) mass is 443 g/mol. The van der Waals surface area contributed by atoms with Crippen LogP contribution in [0.2, 0.25) is 0 Å². The third kappa shape index (κ3) is 4.36. The van der Waals surface area contributed by atoms with E-state index in [2.05, 4.69) is 15.9 Å². The number of hydrogen-bond donors (Lipinski definition) is 0. The van der Waals surface area contributed by atoms with Gasteiger partial charge in [0.1, 0.15) is 18.5 Å². The number of nitrogens with zero attached hydrogens (tertiary/aromatic N) is 1. The number of fused-ring (bicyclic) bond motifs is 1. The molecule has 8 heteroatoms. The summed E-state index contributed by atoms with van der Waals surface area (Å²) in [6.45, 7) is 2.41. The first-order valence-corrected chi connectivity index (χ1v) is 10.6. The van der Waals surface area contributed by atoms with Gasteiger partial charge in [-0.2, -0.15) is 4.31 Å². The van der Waals surface area contributed by atoms with Crippen molar-refractivity contribution in [2.24, 2.45) is 0 Å². The van der Waals surface area contributed by atoms with Crippen LogP contribution in [0.5, 0.6) is 11.5 Å². The maximum Gasteiger partial charge on any atom is 0.218 e. The molecule has 0 fully saturated rings. The molecule has 0 amide bonds. The van der Waals surface area contributed by atoms with Crippen molar-refractivity contribution in [2.45, 2.75) is 18.8 Å². The average Bonchev–Trinajstić information content (AvgIpc) is 2.61. The molecule has 5 nitrogen and oxygen atoms in total. The van der Waals surface area contributed by atoms with Crippen molar-refractivity contribution in [3.05, 3.63) is 58.3 Å². The molecule has 0 N–H and O–H groups in total. The van der Waals surface area contributed by atoms with Gasteiger partial charge in [0, 0.05) is 16.6 Å². The first-order valence-electron chi connectivity index (χ1n) is 8.19. The molecule has 0 radical (unpaired) electrons. The molecule has 1 heterocycles. The van der Waals surface area contributed by atoms with Gasteiger partial charge in [-0.15, -0.1) is 0 Å². The molecule has 0 aliphatic carbocycles. The highest BCUT2D eigenvalue weighted by Gasteiger charge is 2.29. The highest BCUT2D eigenvalue weighted by atomic mass is 79.9. The van der Waals surface area contributed by atoms with Crippen LogP contribution < -0.4 is 9.47 Å². The predicted octanol–water partition coefficient (Wildman–Crippen LogP) is 3.58. The Labute approximate surface area is 160 Å². The second-order valence-corrected chi connectivity index (χ2v) is 8.82. The van der Waals surface area contributed by atoms with E-state index < -0.39 is 27.7 Å². The van der Waals surface area contributed by atoms with Crippen LogP contribution in [0.1, 0.15) is 12.5 Å². The molecule has 1 atom stereocenters. The molecule has 0 unspecified atom stereocenters. The molecule has 140 valence electrons. The Morgan fingerprint density at radius 3 is 2.65 bits per heavy atom. The second-order valence-electron chi connectivity index (χ2n) is 5.94. The van der Waals surface area contributed by atoms with Crippen molar-refractivity contribution >= 4 is 26.0 Å². The van der Waals surface area contributed by atoms with Crippen molar-refractivity contribution < 1.29 is 22.3 Å². The van der Waals surface area contributed by atoms with Crippen molar-refractivity contribution in [3.63, 3.8) is 0 Å². The first-order chi connectivity index (χ1) is 12.4. The zero-order valence-corrected chi connectivity index (χ0v) is 16.6. The summed E-state index contributed by atoms with van der Waals surface area (Å²) < 4.78 is 52.8. The number of likely N-dealkylation sites (N-methyl/N-ethyl adjacent to an activating group) is 1. The molecule has 1 aliphatic rings. The number of para-hydroxylation sites is 2. The van der Waals surface area contributed by atoms with E-state index in [0.717, 1.165) is 0 Å². The van der Waals surface area contributed by atoms with Gasteiger partial charge in [0.2, 0.25) is 10.0 Å². The fraction of sp³-hybridized carbons (Fsp3) is 0.333. The quantitative estimate of drug-likeness (QED) is 0.684. The van der Waals surface area contributed by atoms with E-state index in [1.54, 1.807) is 25.1 Å².